The van der Waals surface area contributed by atoms with Crippen molar-refractivity contribution in [2.24, 2.45) is 0 Å². The highest BCUT2D eigenvalue weighted by Gasteiger charge is 2.25. The predicted molar refractivity (Wildman–Crippen MR) is 79.7 cm³/mol. The number of H-pyrrole nitrogens is 1. The summed E-state index contributed by atoms with van der Waals surface area (Å²) in [5.74, 6) is 0.697. The van der Waals surface area contributed by atoms with Crippen LogP contribution in [0.25, 0.3) is 10.9 Å². The normalized spacial score (nSPS) is 15.1. The zero-order valence-corrected chi connectivity index (χ0v) is 11.7. The molecule has 0 aliphatic heterocycles. The van der Waals surface area contributed by atoms with Gasteiger partial charge < -0.3 is 15.2 Å². The molecule has 1 fully saturated rings. The fraction of sp³-hybridized carbons (Fsp3) is 0.467. The van der Waals surface area contributed by atoms with Gasteiger partial charge in [-0.25, -0.2) is 4.98 Å². The lowest BCUT2D eigenvalue weighted by Crippen LogP contribution is -2.31. The maximum atomic E-state index is 11.9. The Balaban J connectivity index is 1.58. The second-order valence-corrected chi connectivity index (χ2v) is 5.42. The number of benzene rings is 1. The number of aromatic amines is 1. The van der Waals surface area contributed by atoms with Crippen LogP contribution < -0.4 is 10.9 Å². The minimum atomic E-state index is -0.0671. The molecule has 1 heterocycles. The highest BCUT2D eigenvalue weighted by molar-refractivity contribution is 5.77. The SMILES string of the molecule is CN(CCNCc1nc2ccccc2c(=O)[nH]1)C1CC1. The van der Waals surface area contributed by atoms with Gasteiger partial charge in [-0.05, 0) is 32.0 Å². The van der Waals surface area contributed by atoms with Crippen molar-refractivity contribution in [1.29, 1.82) is 0 Å². The van der Waals surface area contributed by atoms with Gasteiger partial charge in [-0.3, -0.25) is 4.79 Å². The first-order valence-electron chi connectivity index (χ1n) is 7.13. The van der Waals surface area contributed by atoms with E-state index < -0.39 is 0 Å². The number of hydrogen-bond donors (Lipinski definition) is 2. The average molecular weight is 272 g/mol. The molecule has 2 N–H and O–H groups in total. The summed E-state index contributed by atoms with van der Waals surface area (Å²) in [5.41, 5.74) is 0.686. The molecule has 20 heavy (non-hydrogen) atoms. The van der Waals surface area contributed by atoms with Gasteiger partial charge in [0.2, 0.25) is 0 Å². The molecule has 0 unspecified atom stereocenters. The molecule has 5 nitrogen and oxygen atoms in total. The number of para-hydroxylation sites is 1. The van der Waals surface area contributed by atoms with E-state index in [4.69, 9.17) is 0 Å². The van der Waals surface area contributed by atoms with E-state index >= 15 is 0 Å². The Kier molecular flexibility index (Phi) is 3.80. The largest absolute Gasteiger partial charge is 0.309 e. The number of rotatable bonds is 6. The molecule has 3 rings (SSSR count). The Hall–Kier alpha value is -1.72. The first-order valence-corrected chi connectivity index (χ1v) is 7.13. The van der Waals surface area contributed by atoms with Crippen LogP contribution in [0.15, 0.2) is 29.1 Å². The number of fused-ring (bicyclic) bond motifs is 1. The second kappa shape index (κ2) is 5.73. The standard InChI is InChI=1S/C15H20N4O/c1-19(11-6-7-11)9-8-16-10-14-17-13-5-3-2-4-12(13)15(20)18-14/h2-5,11,16H,6-10H2,1H3,(H,17,18,20). The van der Waals surface area contributed by atoms with E-state index in [1.165, 1.54) is 12.8 Å². The first-order chi connectivity index (χ1) is 9.74. The van der Waals surface area contributed by atoms with E-state index in [9.17, 15) is 4.79 Å². The van der Waals surface area contributed by atoms with Gasteiger partial charge in [0.1, 0.15) is 5.82 Å². The molecule has 1 aliphatic carbocycles. The summed E-state index contributed by atoms with van der Waals surface area (Å²) in [7, 11) is 2.16. The molecule has 5 heteroatoms. The summed E-state index contributed by atoms with van der Waals surface area (Å²) < 4.78 is 0. The van der Waals surface area contributed by atoms with Crippen LogP contribution in [0.1, 0.15) is 18.7 Å². The molecule has 0 spiro atoms. The molecule has 0 saturated heterocycles. The molecule has 1 aromatic heterocycles. The van der Waals surface area contributed by atoms with Gasteiger partial charge in [-0.1, -0.05) is 12.1 Å². The van der Waals surface area contributed by atoms with E-state index in [1.54, 1.807) is 6.07 Å². The smallest absolute Gasteiger partial charge is 0.258 e. The lowest BCUT2D eigenvalue weighted by atomic mass is 10.2. The zero-order valence-electron chi connectivity index (χ0n) is 11.7. The molecule has 0 radical (unpaired) electrons. The Bertz CT molecular complexity index is 648. The molecule has 2 aromatic rings. The van der Waals surface area contributed by atoms with Crippen molar-refractivity contribution in [3.8, 4) is 0 Å². The molecule has 1 saturated carbocycles. The van der Waals surface area contributed by atoms with Crippen LogP contribution in [0.2, 0.25) is 0 Å². The monoisotopic (exact) mass is 272 g/mol. The number of nitrogens with zero attached hydrogens (tertiary/aromatic N) is 2. The Morgan fingerprint density at radius 2 is 2.20 bits per heavy atom. The van der Waals surface area contributed by atoms with Crippen molar-refractivity contribution in [3.05, 3.63) is 40.4 Å². The van der Waals surface area contributed by atoms with Crippen LogP contribution in [-0.4, -0.2) is 41.0 Å². The van der Waals surface area contributed by atoms with Crippen molar-refractivity contribution in [1.82, 2.24) is 20.2 Å². The summed E-state index contributed by atoms with van der Waals surface area (Å²) in [5, 5.41) is 3.98. The van der Waals surface area contributed by atoms with Crippen LogP contribution in [0, 0.1) is 0 Å². The van der Waals surface area contributed by atoms with Crippen molar-refractivity contribution in [2.75, 3.05) is 20.1 Å². The zero-order chi connectivity index (χ0) is 13.9. The van der Waals surface area contributed by atoms with Gasteiger partial charge in [0.05, 0.1) is 17.4 Å². The molecule has 1 aromatic carbocycles. The fourth-order valence-electron chi connectivity index (χ4n) is 2.38. The van der Waals surface area contributed by atoms with Crippen LogP contribution in [0.3, 0.4) is 0 Å². The minimum absolute atomic E-state index is 0.0671. The maximum absolute atomic E-state index is 11.9. The quantitative estimate of drug-likeness (QED) is 0.773. The van der Waals surface area contributed by atoms with Gasteiger partial charge in [-0.15, -0.1) is 0 Å². The number of nitrogens with one attached hydrogen (secondary N) is 2. The van der Waals surface area contributed by atoms with E-state index in [0.717, 1.165) is 24.6 Å². The molecular formula is C15H20N4O. The van der Waals surface area contributed by atoms with Gasteiger partial charge in [0, 0.05) is 19.1 Å². The van der Waals surface area contributed by atoms with Crippen LogP contribution in [0.5, 0.6) is 0 Å². The Labute approximate surface area is 118 Å². The molecule has 106 valence electrons. The number of hydrogen-bond acceptors (Lipinski definition) is 4. The summed E-state index contributed by atoms with van der Waals surface area (Å²) in [6.07, 6.45) is 2.66. The summed E-state index contributed by atoms with van der Waals surface area (Å²) >= 11 is 0. The fourth-order valence-corrected chi connectivity index (χ4v) is 2.38. The molecular weight excluding hydrogens is 252 g/mol. The summed E-state index contributed by atoms with van der Waals surface area (Å²) in [6.45, 7) is 2.53. The first kappa shape index (κ1) is 13.3. The Morgan fingerprint density at radius 1 is 1.40 bits per heavy atom. The highest BCUT2D eigenvalue weighted by atomic mass is 16.1. The van der Waals surface area contributed by atoms with Crippen LogP contribution in [-0.2, 0) is 6.54 Å². The van der Waals surface area contributed by atoms with Crippen molar-refractivity contribution >= 4 is 10.9 Å². The number of likely N-dealkylation sites (N-methyl/N-ethyl adjacent to an activating group) is 1. The lowest BCUT2D eigenvalue weighted by Gasteiger charge is -2.15. The van der Waals surface area contributed by atoms with Crippen molar-refractivity contribution in [3.63, 3.8) is 0 Å². The van der Waals surface area contributed by atoms with E-state index in [1.807, 2.05) is 18.2 Å². The average Bonchev–Trinajstić information content (AvgIpc) is 3.28. The molecule has 1 aliphatic rings. The van der Waals surface area contributed by atoms with Crippen molar-refractivity contribution in [2.45, 2.75) is 25.4 Å². The predicted octanol–water partition coefficient (Wildman–Crippen LogP) is 1.11. The summed E-state index contributed by atoms with van der Waals surface area (Å²) in [6, 6.07) is 8.20. The molecule has 0 amide bonds. The Morgan fingerprint density at radius 3 is 3.00 bits per heavy atom. The highest BCUT2D eigenvalue weighted by Crippen LogP contribution is 2.24. The number of aromatic nitrogens is 2. The van der Waals surface area contributed by atoms with Gasteiger partial charge >= 0.3 is 0 Å². The third kappa shape index (κ3) is 3.05. The topological polar surface area (TPSA) is 61.0 Å². The van der Waals surface area contributed by atoms with Gasteiger partial charge in [0.15, 0.2) is 0 Å². The minimum Gasteiger partial charge on any atom is -0.309 e. The van der Waals surface area contributed by atoms with E-state index in [2.05, 4.69) is 27.2 Å². The van der Waals surface area contributed by atoms with Crippen LogP contribution in [0.4, 0.5) is 0 Å². The second-order valence-electron chi connectivity index (χ2n) is 5.42. The van der Waals surface area contributed by atoms with E-state index in [0.29, 0.717) is 17.8 Å². The molecule has 0 bridgehead atoms. The molecule has 0 atom stereocenters. The van der Waals surface area contributed by atoms with Crippen LogP contribution >= 0.6 is 0 Å². The third-order valence-electron chi connectivity index (χ3n) is 3.77. The van der Waals surface area contributed by atoms with Gasteiger partial charge in [0.25, 0.3) is 5.56 Å². The third-order valence-corrected chi connectivity index (χ3v) is 3.77. The summed E-state index contributed by atoms with van der Waals surface area (Å²) in [4.78, 5) is 21.6. The van der Waals surface area contributed by atoms with Gasteiger partial charge in [-0.2, -0.15) is 0 Å². The maximum Gasteiger partial charge on any atom is 0.258 e. The van der Waals surface area contributed by atoms with E-state index in [-0.39, 0.29) is 5.56 Å². The lowest BCUT2D eigenvalue weighted by molar-refractivity contribution is 0.321. The van der Waals surface area contributed by atoms with Crippen molar-refractivity contribution < 1.29 is 0 Å².